The molecule has 6 nitrogen and oxygen atoms in total. The number of allylic oxidation sites excluding steroid dienone is 7. The number of amides is 1. The monoisotopic (exact) mass is 423 g/mol. The van der Waals surface area contributed by atoms with E-state index in [1.54, 1.807) is 25.4 Å². The molecule has 6 heteroatoms. The van der Waals surface area contributed by atoms with Crippen molar-refractivity contribution in [2.24, 2.45) is 10.9 Å². The molecule has 1 atom stereocenters. The van der Waals surface area contributed by atoms with E-state index in [4.69, 9.17) is 9.47 Å². The van der Waals surface area contributed by atoms with E-state index in [1.807, 2.05) is 55.5 Å². The van der Waals surface area contributed by atoms with Crippen LogP contribution in [0.3, 0.4) is 0 Å². The van der Waals surface area contributed by atoms with Crippen LogP contribution in [-0.2, 0) is 9.53 Å². The maximum Gasteiger partial charge on any atom is 0.214 e. The number of aliphatic imine (C=N–C) groups is 1. The van der Waals surface area contributed by atoms with Gasteiger partial charge in [0.05, 0.1) is 25.7 Å². The molecule has 1 saturated heterocycles. The number of rotatable bonds is 12. The van der Waals surface area contributed by atoms with Gasteiger partial charge in [-0.3, -0.25) is 9.79 Å². The van der Waals surface area contributed by atoms with Crippen LogP contribution >= 0.6 is 0 Å². The third-order valence-electron chi connectivity index (χ3n) is 4.87. The first-order valence-corrected chi connectivity index (χ1v) is 10.5. The molecular formula is C25H33N3O3. The van der Waals surface area contributed by atoms with E-state index in [1.165, 1.54) is 0 Å². The lowest BCUT2D eigenvalue weighted by atomic mass is 9.97. The molecule has 1 aromatic rings. The average Bonchev–Trinajstić information content (AvgIpc) is 3.31. The summed E-state index contributed by atoms with van der Waals surface area (Å²) < 4.78 is 11.0. The number of benzene rings is 1. The summed E-state index contributed by atoms with van der Waals surface area (Å²) in [6.45, 7) is 3.94. The smallest absolute Gasteiger partial charge is 0.214 e. The maximum atomic E-state index is 11.9. The molecular weight excluding hydrogens is 390 g/mol. The minimum absolute atomic E-state index is 0.354. The van der Waals surface area contributed by atoms with Gasteiger partial charge in [0.25, 0.3) is 0 Å². The number of hydrogen-bond donors (Lipinski definition) is 1. The van der Waals surface area contributed by atoms with E-state index < -0.39 is 0 Å². The molecule has 166 valence electrons. The van der Waals surface area contributed by atoms with Crippen LogP contribution < -0.4 is 15.0 Å². The van der Waals surface area contributed by atoms with Crippen LogP contribution in [0.25, 0.3) is 0 Å². The SMILES string of the molecule is C/C=C/C=C\C=C(/C=C(/CN(C=O)c1ccccc1OC)NC=NC)CC1CCOC1. The average molecular weight is 424 g/mol. The highest BCUT2D eigenvalue weighted by Gasteiger charge is 2.17. The summed E-state index contributed by atoms with van der Waals surface area (Å²) in [6.07, 6.45) is 16.6. The van der Waals surface area contributed by atoms with Crippen molar-refractivity contribution in [2.45, 2.75) is 19.8 Å². The number of carbonyl (C=O) groups is 1. The zero-order chi connectivity index (χ0) is 22.3. The van der Waals surface area contributed by atoms with Crippen molar-refractivity contribution < 1.29 is 14.3 Å². The number of carbonyl (C=O) groups excluding carboxylic acids is 1. The first-order chi connectivity index (χ1) is 15.2. The molecule has 0 aliphatic carbocycles. The number of ether oxygens (including phenoxy) is 2. The zero-order valence-corrected chi connectivity index (χ0v) is 18.7. The zero-order valence-electron chi connectivity index (χ0n) is 18.7. The molecule has 1 amide bonds. The molecule has 1 fully saturated rings. The highest BCUT2D eigenvalue weighted by molar-refractivity contribution is 5.79. The number of nitrogens with one attached hydrogen (secondary N) is 1. The molecule has 1 N–H and O–H groups in total. The predicted molar refractivity (Wildman–Crippen MR) is 128 cm³/mol. The molecule has 1 aliphatic rings. The Hall–Kier alpha value is -3.12. The van der Waals surface area contributed by atoms with E-state index in [9.17, 15) is 4.79 Å². The molecule has 0 radical (unpaired) electrons. The lowest BCUT2D eigenvalue weighted by molar-refractivity contribution is -0.107. The fourth-order valence-electron chi connectivity index (χ4n) is 3.34. The molecule has 0 spiro atoms. The molecule has 0 bridgehead atoms. The second-order valence-electron chi connectivity index (χ2n) is 7.19. The Morgan fingerprint density at radius 1 is 1.32 bits per heavy atom. The fraction of sp³-hybridized carbons (Fsp3) is 0.360. The van der Waals surface area contributed by atoms with E-state index in [-0.39, 0.29) is 0 Å². The molecule has 1 heterocycles. The van der Waals surface area contributed by atoms with Gasteiger partial charge in [-0.1, -0.05) is 42.5 Å². The van der Waals surface area contributed by atoms with Gasteiger partial charge in [0.2, 0.25) is 6.41 Å². The minimum atomic E-state index is 0.354. The van der Waals surface area contributed by atoms with Gasteiger partial charge in [-0.25, -0.2) is 0 Å². The van der Waals surface area contributed by atoms with Crippen LogP contribution in [0, 0.1) is 5.92 Å². The van der Waals surface area contributed by atoms with Gasteiger partial charge in [-0.05, 0) is 49.5 Å². The number of nitrogens with zero attached hydrogens (tertiary/aromatic N) is 2. The lowest BCUT2D eigenvalue weighted by Crippen LogP contribution is -2.29. The second kappa shape index (κ2) is 14.0. The normalized spacial score (nSPS) is 17.7. The van der Waals surface area contributed by atoms with Gasteiger partial charge in [-0.15, -0.1) is 0 Å². The van der Waals surface area contributed by atoms with Crippen LogP contribution in [0.1, 0.15) is 19.8 Å². The van der Waals surface area contributed by atoms with Gasteiger partial charge >= 0.3 is 0 Å². The van der Waals surface area contributed by atoms with Gasteiger partial charge < -0.3 is 19.7 Å². The summed E-state index contributed by atoms with van der Waals surface area (Å²) in [4.78, 5) is 17.6. The number of hydrogen-bond acceptors (Lipinski definition) is 4. The summed E-state index contributed by atoms with van der Waals surface area (Å²) >= 11 is 0. The third kappa shape index (κ3) is 8.26. The third-order valence-corrected chi connectivity index (χ3v) is 4.87. The van der Waals surface area contributed by atoms with E-state index in [2.05, 4.69) is 22.5 Å². The molecule has 1 unspecified atom stereocenters. The van der Waals surface area contributed by atoms with Gasteiger partial charge in [-0.2, -0.15) is 0 Å². The van der Waals surface area contributed by atoms with Crippen LogP contribution in [0.5, 0.6) is 5.75 Å². The van der Waals surface area contributed by atoms with E-state index in [0.29, 0.717) is 23.9 Å². The Bertz CT molecular complexity index is 834. The van der Waals surface area contributed by atoms with Crippen LogP contribution in [0.4, 0.5) is 5.69 Å². The highest BCUT2D eigenvalue weighted by Crippen LogP contribution is 2.28. The summed E-state index contributed by atoms with van der Waals surface area (Å²) in [7, 11) is 3.30. The molecule has 0 aromatic heterocycles. The van der Waals surface area contributed by atoms with E-state index in [0.717, 1.165) is 43.7 Å². The predicted octanol–water partition coefficient (Wildman–Crippen LogP) is 4.27. The first kappa shape index (κ1) is 24.2. The van der Waals surface area contributed by atoms with Crippen molar-refractivity contribution in [3.8, 4) is 5.75 Å². The minimum Gasteiger partial charge on any atom is -0.495 e. The van der Waals surface area contributed by atoms with Gasteiger partial charge in [0.1, 0.15) is 5.75 Å². The Morgan fingerprint density at radius 3 is 2.84 bits per heavy atom. The van der Waals surface area contributed by atoms with Crippen molar-refractivity contribution in [2.75, 3.05) is 38.8 Å². The van der Waals surface area contributed by atoms with Crippen molar-refractivity contribution in [1.82, 2.24) is 5.32 Å². The maximum absolute atomic E-state index is 11.9. The van der Waals surface area contributed by atoms with E-state index >= 15 is 0 Å². The van der Waals surface area contributed by atoms with Crippen molar-refractivity contribution in [3.05, 3.63) is 72.0 Å². The van der Waals surface area contributed by atoms with Gasteiger partial charge in [0.15, 0.2) is 0 Å². The topological polar surface area (TPSA) is 63.2 Å². The number of methoxy groups -OCH3 is 1. The van der Waals surface area contributed by atoms with Gasteiger partial charge in [0, 0.05) is 26.0 Å². The number of para-hydroxylation sites is 2. The quantitative estimate of drug-likeness (QED) is 0.236. The van der Waals surface area contributed by atoms with Crippen molar-refractivity contribution in [3.63, 3.8) is 0 Å². The Morgan fingerprint density at radius 2 is 2.16 bits per heavy atom. The van der Waals surface area contributed by atoms with Crippen LogP contribution in [-0.4, -0.2) is 46.7 Å². The molecule has 2 rings (SSSR count). The largest absolute Gasteiger partial charge is 0.495 e. The molecule has 1 aliphatic heterocycles. The summed E-state index contributed by atoms with van der Waals surface area (Å²) in [6, 6.07) is 7.47. The van der Waals surface area contributed by atoms with Crippen molar-refractivity contribution in [1.29, 1.82) is 0 Å². The Balaban J connectivity index is 2.32. The number of anilines is 1. The van der Waals surface area contributed by atoms with Crippen molar-refractivity contribution >= 4 is 18.4 Å². The standard InChI is InChI=1S/C25H33N3O3/c1-4-5-6-7-10-21(15-22-13-14-31-18-22)16-23(27-19-26-2)17-28(20-29)24-11-8-9-12-25(24)30-3/h4-12,16,19-20,22H,13-15,17-18H2,1-3H3,(H,26,27)/b5-4+,7-6-,21-10-,23-16-. The summed E-state index contributed by atoms with van der Waals surface area (Å²) in [5, 5.41) is 3.22. The Kier molecular flexibility index (Phi) is 10.9. The highest BCUT2D eigenvalue weighted by atomic mass is 16.5. The molecule has 1 aromatic carbocycles. The Labute approximate surface area is 185 Å². The molecule has 0 saturated carbocycles. The van der Waals surface area contributed by atoms with Crippen LogP contribution in [0.15, 0.2) is 77.0 Å². The fourth-order valence-corrected chi connectivity index (χ4v) is 3.34. The lowest BCUT2D eigenvalue weighted by Gasteiger charge is -2.22. The summed E-state index contributed by atoms with van der Waals surface area (Å²) in [5.74, 6) is 1.14. The summed E-state index contributed by atoms with van der Waals surface area (Å²) in [5.41, 5.74) is 2.73. The first-order valence-electron chi connectivity index (χ1n) is 10.5. The van der Waals surface area contributed by atoms with Crippen LogP contribution in [0.2, 0.25) is 0 Å². The molecule has 31 heavy (non-hydrogen) atoms. The second-order valence-corrected chi connectivity index (χ2v) is 7.19.